The molecular formula is C20H43NO2. The van der Waals surface area contributed by atoms with Gasteiger partial charge in [0.25, 0.3) is 0 Å². The highest BCUT2D eigenvalue weighted by Crippen LogP contribution is 2.02. The van der Waals surface area contributed by atoms with Crippen molar-refractivity contribution in [2.75, 3.05) is 19.7 Å². The molecule has 0 aliphatic heterocycles. The molecule has 0 aromatic carbocycles. The summed E-state index contributed by atoms with van der Waals surface area (Å²) in [6, 6.07) is 0. The van der Waals surface area contributed by atoms with E-state index in [-0.39, 0.29) is 5.97 Å². The van der Waals surface area contributed by atoms with Crippen molar-refractivity contribution in [3.8, 4) is 0 Å². The summed E-state index contributed by atoms with van der Waals surface area (Å²) in [5, 5.41) is 3.54. The second-order valence-electron chi connectivity index (χ2n) is 6.27. The second-order valence-corrected chi connectivity index (χ2v) is 6.27. The van der Waals surface area contributed by atoms with Gasteiger partial charge in [-0.2, -0.15) is 0 Å². The summed E-state index contributed by atoms with van der Waals surface area (Å²) in [5.74, 6) is -0.182. The Hall–Kier alpha value is -0.570. The molecule has 0 atom stereocenters. The van der Waals surface area contributed by atoms with Crippen molar-refractivity contribution in [2.24, 2.45) is 0 Å². The second kappa shape index (κ2) is 23.7. The van der Waals surface area contributed by atoms with E-state index < -0.39 is 0 Å². The molecule has 3 heteroatoms. The van der Waals surface area contributed by atoms with Crippen molar-refractivity contribution in [3.05, 3.63) is 0 Å². The van der Waals surface area contributed by atoms with E-state index in [4.69, 9.17) is 0 Å². The summed E-state index contributed by atoms with van der Waals surface area (Å²) in [4.78, 5) is 10.1. The average molecular weight is 330 g/mol. The van der Waals surface area contributed by atoms with Crippen molar-refractivity contribution < 1.29 is 9.53 Å². The van der Waals surface area contributed by atoms with Crippen LogP contribution >= 0.6 is 0 Å². The molecule has 140 valence electrons. The number of esters is 1. The minimum absolute atomic E-state index is 0.182. The zero-order chi connectivity index (χ0) is 17.6. The van der Waals surface area contributed by atoms with Crippen LogP contribution < -0.4 is 5.32 Å². The lowest BCUT2D eigenvalue weighted by Crippen LogP contribution is -2.16. The minimum atomic E-state index is -0.182. The Morgan fingerprint density at radius 2 is 1.13 bits per heavy atom. The van der Waals surface area contributed by atoms with E-state index in [9.17, 15) is 4.79 Å². The van der Waals surface area contributed by atoms with E-state index in [2.05, 4.69) is 30.8 Å². The largest absolute Gasteiger partial charge is 0.466 e. The van der Waals surface area contributed by atoms with Crippen LogP contribution in [0, 0.1) is 0 Å². The number of rotatable bonds is 15. The van der Waals surface area contributed by atoms with Crippen LogP contribution in [0.1, 0.15) is 105 Å². The van der Waals surface area contributed by atoms with Crippen molar-refractivity contribution >= 4 is 5.97 Å². The predicted molar refractivity (Wildman–Crippen MR) is 102 cm³/mol. The standard InChI is InChI=1S/C14H31N.C6H12O2/c1-3-5-7-9-11-13-15-14-12-10-8-6-4-2;1-3-4-5-8-6(2)7/h15H,3-14H2,1-2H3;3-5H2,1-2H3. The highest BCUT2D eigenvalue weighted by molar-refractivity contribution is 5.65. The van der Waals surface area contributed by atoms with Crippen molar-refractivity contribution in [1.82, 2.24) is 5.32 Å². The number of hydrogen-bond acceptors (Lipinski definition) is 3. The average Bonchev–Trinajstić information content (AvgIpc) is 2.53. The normalized spacial score (nSPS) is 10.1. The minimum Gasteiger partial charge on any atom is -0.466 e. The monoisotopic (exact) mass is 329 g/mol. The maximum absolute atomic E-state index is 10.1. The number of carbonyl (C=O) groups excluding carboxylic acids is 1. The molecule has 0 aromatic rings. The highest BCUT2D eigenvalue weighted by Gasteiger charge is 1.91. The predicted octanol–water partition coefficient (Wildman–Crippen LogP) is 5.87. The number of ether oxygens (including phenoxy) is 1. The third kappa shape index (κ3) is 30.0. The van der Waals surface area contributed by atoms with Crippen LogP contribution in [-0.2, 0) is 9.53 Å². The van der Waals surface area contributed by atoms with Crippen LogP contribution in [0.15, 0.2) is 0 Å². The molecule has 0 unspecified atom stereocenters. The maximum Gasteiger partial charge on any atom is 0.302 e. The summed E-state index contributed by atoms with van der Waals surface area (Å²) in [6.07, 6.45) is 16.0. The molecule has 0 aliphatic rings. The van der Waals surface area contributed by atoms with E-state index in [1.165, 1.54) is 84.2 Å². The van der Waals surface area contributed by atoms with Crippen LogP contribution in [0.4, 0.5) is 0 Å². The molecule has 0 fully saturated rings. The Morgan fingerprint density at radius 3 is 1.52 bits per heavy atom. The Labute approximate surface area is 146 Å². The van der Waals surface area contributed by atoms with E-state index in [0.29, 0.717) is 6.61 Å². The van der Waals surface area contributed by atoms with Crippen LogP contribution in [0.2, 0.25) is 0 Å². The van der Waals surface area contributed by atoms with Crippen molar-refractivity contribution in [1.29, 1.82) is 0 Å². The van der Waals surface area contributed by atoms with Crippen molar-refractivity contribution in [3.63, 3.8) is 0 Å². The molecule has 0 rings (SSSR count). The summed E-state index contributed by atoms with van der Waals surface area (Å²) >= 11 is 0. The number of hydrogen-bond donors (Lipinski definition) is 1. The molecule has 0 heterocycles. The highest BCUT2D eigenvalue weighted by atomic mass is 16.5. The van der Waals surface area contributed by atoms with Gasteiger partial charge < -0.3 is 10.1 Å². The van der Waals surface area contributed by atoms with Gasteiger partial charge >= 0.3 is 5.97 Å². The third-order valence-corrected chi connectivity index (χ3v) is 3.72. The first kappa shape index (κ1) is 24.7. The van der Waals surface area contributed by atoms with Crippen LogP contribution in [-0.4, -0.2) is 25.7 Å². The lowest BCUT2D eigenvalue weighted by molar-refractivity contribution is -0.141. The molecule has 23 heavy (non-hydrogen) atoms. The molecule has 0 spiro atoms. The van der Waals surface area contributed by atoms with E-state index in [1.807, 2.05) is 0 Å². The van der Waals surface area contributed by atoms with Gasteiger partial charge in [0, 0.05) is 6.92 Å². The first-order valence-electron chi connectivity index (χ1n) is 10.0. The van der Waals surface area contributed by atoms with Crippen LogP contribution in [0.3, 0.4) is 0 Å². The zero-order valence-corrected chi connectivity index (χ0v) is 16.4. The maximum atomic E-state index is 10.1. The smallest absolute Gasteiger partial charge is 0.302 e. The molecule has 3 nitrogen and oxygen atoms in total. The molecule has 0 bridgehead atoms. The molecule has 0 saturated heterocycles. The fourth-order valence-electron chi connectivity index (χ4n) is 2.19. The van der Waals surface area contributed by atoms with E-state index in [1.54, 1.807) is 0 Å². The fourth-order valence-corrected chi connectivity index (χ4v) is 2.19. The zero-order valence-electron chi connectivity index (χ0n) is 16.4. The molecule has 0 amide bonds. The quantitative estimate of drug-likeness (QED) is 0.302. The molecule has 0 radical (unpaired) electrons. The molecule has 0 aliphatic carbocycles. The SMILES string of the molecule is CCCCCCCNCCCCCCC.CCCCOC(C)=O. The van der Waals surface area contributed by atoms with Gasteiger partial charge in [0.2, 0.25) is 0 Å². The molecule has 0 saturated carbocycles. The summed E-state index contributed by atoms with van der Waals surface area (Å²) in [5.41, 5.74) is 0. The summed E-state index contributed by atoms with van der Waals surface area (Å²) < 4.78 is 4.64. The molecule has 1 N–H and O–H groups in total. The molecule has 0 aromatic heterocycles. The van der Waals surface area contributed by atoms with E-state index >= 15 is 0 Å². The topological polar surface area (TPSA) is 38.3 Å². The number of nitrogens with one attached hydrogen (secondary N) is 1. The van der Waals surface area contributed by atoms with Gasteiger partial charge in [-0.1, -0.05) is 78.6 Å². The first-order valence-corrected chi connectivity index (χ1v) is 10.0. The van der Waals surface area contributed by atoms with Gasteiger partial charge in [-0.05, 0) is 32.4 Å². The summed E-state index contributed by atoms with van der Waals surface area (Å²) in [7, 11) is 0. The van der Waals surface area contributed by atoms with Gasteiger partial charge in [-0.15, -0.1) is 0 Å². The number of unbranched alkanes of at least 4 members (excludes halogenated alkanes) is 9. The Morgan fingerprint density at radius 1 is 0.696 bits per heavy atom. The Bertz CT molecular complexity index is 208. The fraction of sp³-hybridized carbons (Fsp3) is 0.950. The van der Waals surface area contributed by atoms with E-state index in [0.717, 1.165) is 12.8 Å². The van der Waals surface area contributed by atoms with Crippen LogP contribution in [0.25, 0.3) is 0 Å². The van der Waals surface area contributed by atoms with Gasteiger partial charge in [0.05, 0.1) is 6.61 Å². The molecular weight excluding hydrogens is 286 g/mol. The lowest BCUT2D eigenvalue weighted by atomic mass is 10.1. The van der Waals surface area contributed by atoms with Gasteiger partial charge in [0.15, 0.2) is 0 Å². The Balaban J connectivity index is 0. The van der Waals surface area contributed by atoms with Gasteiger partial charge in [-0.25, -0.2) is 0 Å². The van der Waals surface area contributed by atoms with Crippen molar-refractivity contribution in [2.45, 2.75) is 105 Å². The van der Waals surface area contributed by atoms with Crippen LogP contribution in [0.5, 0.6) is 0 Å². The van der Waals surface area contributed by atoms with Gasteiger partial charge in [-0.3, -0.25) is 4.79 Å². The third-order valence-electron chi connectivity index (χ3n) is 3.72. The van der Waals surface area contributed by atoms with Gasteiger partial charge in [0.1, 0.15) is 0 Å². The Kier molecular flexibility index (Phi) is 25.4. The first-order chi connectivity index (χ1) is 11.2. The number of carbonyl (C=O) groups is 1. The lowest BCUT2D eigenvalue weighted by Gasteiger charge is -2.04. The summed E-state index contributed by atoms with van der Waals surface area (Å²) in [6.45, 7) is 11.1.